The van der Waals surface area contributed by atoms with Crippen molar-refractivity contribution in [2.24, 2.45) is 0 Å². The fraction of sp³-hybridized carbons (Fsp3) is 0.500. The first kappa shape index (κ1) is 16.5. The first-order valence-electron chi connectivity index (χ1n) is 6.79. The number of piperidine rings is 1. The molecule has 0 saturated carbocycles. The Morgan fingerprint density at radius 2 is 1.95 bits per heavy atom. The van der Waals surface area contributed by atoms with Gasteiger partial charge in [-0.3, -0.25) is 4.79 Å². The van der Waals surface area contributed by atoms with Crippen LogP contribution in [0.2, 0.25) is 0 Å². The third-order valence-electron chi connectivity index (χ3n) is 3.52. The smallest absolute Gasteiger partial charge is 0.254 e. The van der Waals surface area contributed by atoms with Crippen LogP contribution in [0, 0.1) is 6.92 Å². The standard InChI is InChI=1S/C14H19BrN2O3S/c1-10-3-4-12(13(15)9-10)14(18)17-7-5-11(6-8-17)16-21(2,19)20/h3-4,9,11,16H,5-8H2,1-2H3. The Hall–Kier alpha value is -0.920. The van der Waals surface area contributed by atoms with Crippen LogP contribution in [0.5, 0.6) is 0 Å². The molecule has 7 heteroatoms. The highest BCUT2D eigenvalue weighted by atomic mass is 79.9. The zero-order chi connectivity index (χ0) is 15.6. The van der Waals surface area contributed by atoms with E-state index in [0.29, 0.717) is 31.5 Å². The van der Waals surface area contributed by atoms with E-state index in [4.69, 9.17) is 0 Å². The summed E-state index contributed by atoms with van der Waals surface area (Å²) in [5, 5.41) is 0. The number of hydrogen-bond acceptors (Lipinski definition) is 3. The summed E-state index contributed by atoms with van der Waals surface area (Å²) in [6.07, 6.45) is 2.44. The molecule has 1 aromatic carbocycles. The maximum atomic E-state index is 12.5. The lowest BCUT2D eigenvalue weighted by molar-refractivity contribution is 0.0710. The first-order chi connectivity index (χ1) is 9.76. The van der Waals surface area contributed by atoms with E-state index in [2.05, 4.69) is 20.7 Å². The molecule has 1 saturated heterocycles. The lowest BCUT2D eigenvalue weighted by Gasteiger charge is -2.32. The molecule has 1 aromatic rings. The molecule has 1 aliphatic heterocycles. The Morgan fingerprint density at radius 3 is 2.48 bits per heavy atom. The van der Waals surface area contributed by atoms with Crippen LogP contribution in [0.15, 0.2) is 22.7 Å². The number of carbonyl (C=O) groups is 1. The van der Waals surface area contributed by atoms with Crippen LogP contribution in [0.1, 0.15) is 28.8 Å². The van der Waals surface area contributed by atoms with Gasteiger partial charge < -0.3 is 4.90 Å². The van der Waals surface area contributed by atoms with Gasteiger partial charge in [0.1, 0.15) is 0 Å². The van der Waals surface area contributed by atoms with Crippen molar-refractivity contribution in [1.29, 1.82) is 0 Å². The fourth-order valence-electron chi connectivity index (χ4n) is 2.47. The quantitative estimate of drug-likeness (QED) is 0.878. The third kappa shape index (κ3) is 4.52. The SMILES string of the molecule is Cc1ccc(C(=O)N2CCC(NS(C)(=O)=O)CC2)c(Br)c1. The Kier molecular flexibility index (Phi) is 5.06. The Balaban J connectivity index is 2.00. The van der Waals surface area contributed by atoms with Crippen molar-refractivity contribution in [2.45, 2.75) is 25.8 Å². The molecule has 1 aliphatic rings. The van der Waals surface area contributed by atoms with E-state index in [-0.39, 0.29) is 11.9 Å². The molecule has 1 fully saturated rings. The van der Waals surface area contributed by atoms with Gasteiger partial charge in [0.25, 0.3) is 5.91 Å². The predicted octanol–water partition coefficient (Wildman–Crippen LogP) is 1.91. The molecule has 116 valence electrons. The minimum absolute atomic E-state index is 0.0142. The number of likely N-dealkylation sites (tertiary alicyclic amines) is 1. The van der Waals surface area contributed by atoms with Crippen LogP contribution in [0.25, 0.3) is 0 Å². The summed E-state index contributed by atoms with van der Waals surface area (Å²) in [6, 6.07) is 5.58. The lowest BCUT2D eigenvalue weighted by Crippen LogP contribution is -2.46. The van der Waals surface area contributed by atoms with Gasteiger partial charge in [-0.2, -0.15) is 0 Å². The van der Waals surface area contributed by atoms with E-state index in [1.807, 2.05) is 25.1 Å². The van der Waals surface area contributed by atoms with Crippen LogP contribution in [0.4, 0.5) is 0 Å². The van der Waals surface area contributed by atoms with Crippen LogP contribution >= 0.6 is 15.9 Å². The number of nitrogens with zero attached hydrogens (tertiary/aromatic N) is 1. The molecular formula is C14H19BrN2O3S. The third-order valence-corrected chi connectivity index (χ3v) is 4.94. The lowest BCUT2D eigenvalue weighted by atomic mass is 10.0. The maximum Gasteiger partial charge on any atom is 0.254 e. The molecule has 5 nitrogen and oxygen atoms in total. The number of benzene rings is 1. The molecule has 0 unspecified atom stereocenters. The number of nitrogens with one attached hydrogen (secondary N) is 1. The summed E-state index contributed by atoms with van der Waals surface area (Å²) in [5.74, 6) is -0.0142. The average Bonchev–Trinajstić information content (AvgIpc) is 2.37. The van der Waals surface area contributed by atoms with E-state index in [9.17, 15) is 13.2 Å². The van der Waals surface area contributed by atoms with Crippen molar-refractivity contribution in [3.63, 3.8) is 0 Å². The van der Waals surface area contributed by atoms with Gasteiger partial charge in [-0.1, -0.05) is 6.07 Å². The maximum absolute atomic E-state index is 12.5. The van der Waals surface area contributed by atoms with Crippen molar-refractivity contribution in [3.8, 4) is 0 Å². The minimum atomic E-state index is -3.19. The summed E-state index contributed by atoms with van der Waals surface area (Å²) < 4.78 is 25.8. The van der Waals surface area contributed by atoms with Gasteiger partial charge in [0, 0.05) is 23.6 Å². The van der Waals surface area contributed by atoms with E-state index in [1.165, 1.54) is 0 Å². The Morgan fingerprint density at radius 1 is 1.33 bits per heavy atom. The first-order valence-corrected chi connectivity index (χ1v) is 9.47. The van der Waals surface area contributed by atoms with Gasteiger partial charge in [0.05, 0.1) is 11.8 Å². The van der Waals surface area contributed by atoms with E-state index < -0.39 is 10.0 Å². The van der Waals surface area contributed by atoms with Gasteiger partial charge in [-0.15, -0.1) is 0 Å². The number of amides is 1. The summed E-state index contributed by atoms with van der Waals surface area (Å²) in [7, 11) is -3.19. The second-order valence-electron chi connectivity index (χ2n) is 5.44. The molecule has 1 amide bonds. The number of halogens is 1. The summed E-state index contributed by atoms with van der Waals surface area (Å²) in [4.78, 5) is 14.3. The average molecular weight is 375 g/mol. The highest BCUT2D eigenvalue weighted by Gasteiger charge is 2.26. The zero-order valence-electron chi connectivity index (χ0n) is 12.1. The molecule has 21 heavy (non-hydrogen) atoms. The summed E-state index contributed by atoms with van der Waals surface area (Å²) >= 11 is 3.43. The minimum Gasteiger partial charge on any atom is -0.338 e. The second-order valence-corrected chi connectivity index (χ2v) is 8.07. The van der Waals surface area contributed by atoms with Gasteiger partial charge in [-0.25, -0.2) is 13.1 Å². The Bertz CT molecular complexity index is 638. The highest BCUT2D eigenvalue weighted by Crippen LogP contribution is 2.22. The van der Waals surface area contributed by atoms with Crippen molar-refractivity contribution in [3.05, 3.63) is 33.8 Å². The zero-order valence-corrected chi connectivity index (χ0v) is 14.5. The molecule has 0 aromatic heterocycles. The van der Waals surface area contributed by atoms with E-state index in [1.54, 1.807) is 4.90 Å². The topological polar surface area (TPSA) is 66.5 Å². The molecule has 0 aliphatic carbocycles. The number of aryl methyl sites for hydroxylation is 1. The number of hydrogen-bond donors (Lipinski definition) is 1. The van der Waals surface area contributed by atoms with Gasteiger partial charge in [-0.05, 0) is 53.4 Å². The van der Waals surface area contributed by atoms with Gasteiger partial charge in [0.2, 0.25) is 10.0 Å². The fourth-order valence-corrected chi connectivity index (χ4v) is 3.97. The molecule has 0 spiro atoms. The van der Waals surface area contributed by atoms with Crippen LogP contribution in [0.3, 0.4) is 0 Å². The molecule has 0 atom stereocenters. The molecule has 2 rings (SSSR count). The van der Waals surface area contributed by atoms with Crippen molar-refractivity contribution >= 4 is 31.9 Å². The van der Waals surface area contributed by atoms with Crippen molar-refractivity contribution < 1.29 is 13.2 Å². The molecule has 0 bridgehead atoms. The van der Waals surface area contributed by atoms with Crippen molar-refractivity contribution in [1.82, 2.24) is 9.62 Å². The molecule has 0 radical (unpaired) electrons. The van der Waals surface area contributed by atoms with Crippen LogP contribution < -0.4 is 4.72 Å². The number of carbonyl (C=O) groups excluding carboxylic acids is 1. The second kappa shape index (κ2) is 6.46. The Labute approximate surface area is 133 Å². The highest BCUT2D eigenvalue weighted by molar-refractivity contribution is 9.10. The van der Waals surface area contributed by atoms with E-state index >= 15 is 0 Å². The summed E-state index contributed by atoms with van der Waals surface area (Å²) in [6.45, 7) is 3.10. The van der Waals surface area contributed by atoms with E-state index in [0.717, 1.165) is 16.3 Å². The predicted molar refractivity (Wildman–Crippen MR) is 85.8 cm³/mol. The molecule has 1 N–H and O–H groups in total. The number of sulfonamides is 1. The van der Waals surface area contributed by atoms with Crippen LogP contribution in [-0.4, -0.2) is 44.6 Å². The van der Waals surface area contributed by atoms with Crippen molar-refractivity contribution in [2.75, 3.05) is 19.3 Å². The normalized spacial score (nSPS) is 17.0. The van der Waals surface area contributed by atoms with Gasteiger partial charge in [0.15, 0.2) is 0 Å². The molecule has 1 heterocycles. The monoisotopic (exact) mass is 374 g/mol. The summed E-state index contributed by atoms with van der Waals surface area (Å²) in [5.41, 5.74) is 1.74. The van der Waals surface area contributed by atoms with Crippen LogP contribution in [-0.2, 0) is 10.0 Å². The number of rotatable bonds is 3. The van der Waals surface area contributed by atoms with Gasteiger partial charge >= 0.3 is 0 Å². The largest absolute Gasteiger partial charge is 0.338 e. The molecular weight excluding hydrogens is 356 g/mol.